The molecule has 16 heavy (non-hydrogen) atoms. The van der Waals surface area contributed by atoms with Crippen molar-refractivity contribution in [1.29, 1.82) is 0 Å². The number of hydrogen-bond donors (Lipinski definition) is 2. The monoisotopic (exact) mass is 228 g/mol. The Morgan fingerprint density at radius 1 is 1.38 bits per heavy atom. The van der Waals surface area contributed by atoms with E-state index >= 15 is 0 Å². The van der Waals surface area contributed by atoms with Gasteiger partial charge in [0.15, 0.2) is 0 Å². The van der Waals surface area contributed by atoms with Crippen LogP contribution in [-0.4, -0.2) is 38.3 Å². The molecule has 1 aliphatic heterocycles. The van der Waals surface area contributed by atoms with Crippen LogP contribution in [-0.2, 0) is 9.53 Å². The van der Waals surface area contributed by atoms with Crippen LogP contribution in [0.3, 0.4) is 0 Å². The lowest BCUT2D eigenvalue weighted by molar-refractivity contribution is -0.152. The van der Waals surface area contributed by atoms with Gasteiger partial charge in [-0.3, -0.25) is 4.79 Å². The van der Waals surface area contributed by atoms with Crippen molar-refractivity contribution >= 4 is 5.97 Å². The quantitative estimate of drug-likeness (QED) is 0.555. The second-order valence-corrected chi connectivity index (χ2v) is 5.36. The van der Waals surface area contributed by atoms with Gasteiger partial charge in [0.1, 0.15) is 6.61 Å². The Morgan fingerprint density at radius 3 is 2.56 bits per heavy atom. The van der Waals surface area contributed by atoms with Gasteiger partial charge in [-0.1, -0.05) is 0 Å². The van der Waals surface area contributed by atoms with Crippen molar-refractivity contribution in [3.8, 4) is 0 Å². The highest BCUT2D eigenvalue weighted by Crippen LogP contribution is 2.14. The molecule has 0 saturated carbocycles. The van der Waals surface area contributed by atoms with Gasteiger partial charge < -0.3 is 15.4 Å². The average molecular weight is 228 g/mol. The molecule has 2 N–H and O–H groups in total. The number of carbonyl (C=O) groups is 1. The van der Waals surface area contributed by atoms with Crippen LogP contribution >= 0.6 is 0 Å². The van der Waals surface area contributed by atoms with Gasteiger partial charge in [-0.05, 0) is 46.7 Å². The third-order valence-electron chi connectivity index (χ3n) is 2.72. The summed E-state index contributed by atoms with van der Waals surface area (Å²) in [5.41, 5.74) is -0.394. The first kappa shape index (κ1) is 13.5. The molecule has 0 unspecified atom stereocenters. The third kappa shape index (κ3) is 4.94. The van der Waals surface area contributed by atoms with Crippen molar-refractivity contribution in [3.63, 3.8) is 0 Å². The number of hydrogen-bond acceptors (Lipinski definition) is 4. The molecule has 1 saturated heterocycles. The number of piperidine rings is 1. The van der Waals surface area contributed by atoms with E-state index in [0.29, 0.717) is 12.6 Å². The van der Waals surface area contributed by atoms with Crippen LogP contribution < -0.4 is 10.6 Å². The molecule has 0 aliphatic carbocycles. The molecule has 0 aromatic carbocycles. The Bertz CT molecular complexity index is 218. The van der Waals surface area contributed by atoms with Crippen LogP contribution in [0.1, 0.15) is 33.6 Å². The van der Waals surface area contributed by atoms with Gasteiger partial charge in [0.2, 0.25) is 0 Å². The lowest BCUT2D eigenvalue weighted by Crippen LogP contribution is -2.41. The molecule has 0 spiro atoms. The lowest BCUT2D eigenvalue weighted by atomic mass is 9.97. The molecule has 4 nitrogen and oxygen atoms in total. The van der Waals surface area contributed by atoms with Gasteiger partial charge in [0.25, 0.3) is 0 Å². The van der Waals surface area contributed by atoms with E-state index in [1.54, 1.807) is 0 Å². The number of carbonyl (C=O) groups excluding carboxylic acids is 1. The molecule has 0 aromatic rings. The Balaban J connectivity index is 2.05. The van der Waals surface area contributed by atoms with Crippen LogP contribution in [0.2, 0.25) is 0 Å². The molecule has 0 bridgehead atoms. The zero-order chi connectivity index (χ0) is 12.0. The molecular weight excluding hydrogens is 204 g/mol. The van der Waals surface area contributed by atoms with E-state index in [9.17, 15) is 4.79 Å². The first-order valence-electron chi connectivity index (χ1n) is 6.11. The molecule has 0 amide bonds. The maximum atomic E-state index is 11.5. The Labute approximate surface area is 98.1 Å². The van der Waals surface area contributed by atoms with E-state index in [4.69, 9.17) is 4.74 Å². The number of nitrogens with one attached hydrogen (secondary N) is 2. The second kappa shape index (κ2) is 6.21. The van der Waals surface area contributed by atoms with Crippen molar-refractivity contribution in [2.45, 2.75) is 39.7 Å². The topological polar surface area (TPSA) is 50.4 Å². The molecule has 0 radical (unpaired) electrons. The molecular formula is C12H24N2O2. The van der Waals surface area contributed by atoms with Crippen LogP contribution in [0, 0.1) is 5.41 Å². The van der Waals surface area contributed by atoms with Crippen molar-refractivity contribution < 1.29 is 9.53 Å². The second-order valence-electron chi connectivity index (χ2n) is 5.36. The van der Waals surface area contributed by atoms with Gasteiger partial charge in [0, 0.05) is 12.6 Å². The summed E-state index contributed by atoms with van der Waals surface area (Å²) in [6, 6.07) is 0.578. The van der Waals surface area contributed by atoms with E-state index in [1.807, 2.05) is 20.8 Å². The van der Waals surface area contributed by atoms with E-state index in [1.165, 1.54) is 0 Å². The molecule has 1 heterocycles. The first-order chi connectivity index (χ1) is 7.50. The predicted molar refractivity (Wildman–Crippen MR) is 64.3 cm³/mol. The molecule has 1 aliphatic rings. The summed E-state index contributed by atoms with van der Waals surface area (Å²) in [5, 5.41) is 6.73. The summed E-state index contributed by atoms with van der Waals surface area (Å²) in [4.78, 5) is 11.5. The van der Waals surface area contributed by atoms with E-state index in [0.717, 1.165) is 32.5 Å². The van der Waals surface area contributed by atoms with Gasteiger partial charge in [-0.2, -0.15) is 0 Å². The first-order valence-corrected chi connectivity index (χ1v) is 6.11. The van der Waals surface area contributed by atoms with Crippen molar-refractivity contribution in [2.24, 2.45) is 5.41 Å². The summed E-state index contributed by atoms with van der Waals surface area (Å²) in [6.07, 6.45) is 2.32. The fourth-order valence-electron chi connectivity index (χ4n) is 1.65. The van der Waals surface area contributed by atoms with Gasteiger partial charge in [-0.15, -0.1) is 0 Å². The summed E-state index contributed by atoms with van der Waals surface area (Å²) < 4.78 is 5.18. The van der Waals surface area contributed by atoms with Crippen molar-refractivity contribution in [3.05, 3.63) is 0 Å². The zero-order valence-corrected chi connectivity index (χ0v) is 10.6. The highest BCUT2D eigenvalue weighted by Gasteiger charge is 2.22. The molecule has 94 valence electrons. The maximum absolute atomic E-state index is 11.5. The van der Waals surface area contributed by atoms with E-state index < -0.39 is 5.41 Å². The van der Waals surface area contributed by atoms with Crippen molar-refractivity contribution in [1.82, 2.24) is 10.6 Å². The van der Waals surface area contributed by atoms with Crippen LogP contribution in [0.4, 0.5) is 0 Å². The average Bonchev–Trinajstić information content (AvgIpc) is 2.24. The number of rotatable bonds is 4. The smallest absolute Gasteiger partial charge is 0.311 e. The van der Waals surface area contributed by atoms with Gasteiger partial charge in [0.05, 0.1) is 5.41 Å². The normalized spacial score (nSPS) is 18.4. The van der Waals surface area contributed by atoms with Crippen LogP contribution in [0.15, 0.2) is 0 Å². The summed E-state index contributed by atoms with van der Waals surface area (Å²) in [7, 11) is 0. The van der Waals surface area contributed by atoms with Gasteiger partial charge >= 0.3 is 5.97 Å². The SMILES string of the molecule is CC(C)(C)C(=O)OCCNC1CCNCC1. The zero-order valence-electron chi connectivity index (χ0n) is 10.6. The lowest BCUT2D eigenvalue weighted by Gasteiger charge is -2.24. The van der Waals surface area contributed by atoms with Gasteiger partial charge in [-0.25, -0.2) is 0 Å². The summed E-state index contributed by atoms with van der Waals surface area (Å²) >= 11 is 0. The highest BCUT2D eigenvalue weighted by molar-refractivity contribution is 5.75. The van der Waals surface area contributed by atoms with Crippen LogP contribution in [0.5, 0.6) is 0 Å². The van der Waals surface area contributed by atoms with Crippen molar-refractivity contribution in [2.75, 3.05) is 26.2 Å². The maximum Gasteiger partial charge on any atom is 0.311 e. The Morgan fingerprint density at radius 2 is 2.00 bits per heavy atom. The molecule has 1 rings (SSSR count). The Kier molecular flexibility index (Phi) is 5.22. The number of ether oxygens (including phenoxy) is 1. The highest BCUT2D eigenvalue weighted by atomic mass is 16.5. The summed E-state index contributed by atoms with van der Waals surface area (Å²) in [6.45, 7) is 9.01. The Hall–Kier alpha value is -0.610. The third-order valence-corrected chi connectivity index (χ3v) is 2.72. The molecule has 1 fully saturated rings. The number of esters is 1. The molecule has 0 aromatic heterocycles. The molecule has 0 atom stereocenters. The largest absolute Gasteiger partial charge is 0.464 e. The standard InChI is InChI=1S/C12H24N2O2/c1-12(2,3)11(15)16-9-8-14-10-4-6-13-7-5-10/h10,13-14H,4-9H2,1-3H3. The predicted octanol–water partition coefficient (Wildman–Crippen LogP) is 0.917. The fraction of sp³-hybridized carbons (Fsp3) is 0.917. The minimum Gasteiger partial charge on any atom is -0.464 e. The molecule has 4 heteroatoms. The van der Waals surface area contributed by atoms with E-state index in [-0.39, 0.29) is 5.97 Å². The summed E-state index contributed by atoms with van der Waals surface area (Å²) in [5.74, 6) is -0.125. The van der Waals surface area contributed by atoms with E-state index in [2.05, 4.69) is 10.6 Å². The van der Waals surface area contributed by atoms with Crippen LogP contribution in [0.25, 0.3) is 0 Å². The fourth-order valence-corrected chi connectivity index (χ4v) is 1.65. The minimum absolute atomic E-state index is 0.125. The minimum atomic E-state index is -0.394.